The van der Waals surface area contributed by atoms with Crippen LogP contribution in [0, 0.1) is 0 Å². The van der Waals surface area contributed by atoms with Gasteiger partial charge in [0.2, 0.25) is 5.91 Å². The molecule has 0 radical (unpaired) electrons. The molecule has 1 aromatic carbocycles. The van der Waals surface area contributed by atoms with Gasteiger partial charge < -0.3 is 10.1 Å². The lowest BCUT2D eigenvalue weighted by Gasteiger charge is -2.21. The van der Waals surface area contributed by atoms with Crippen molar-refractivity contribution in [1.82, 2.24) is 0 Å². The van der Waals surface area contributed by atoms with Crippen LogP contribution in [0.4, 0.5) is 5.69 Å². The number of carbonyl (C=O) groups is 1. The van der Waals surface area contributed by atoms with Crippen molar-refractivity contribution in [1.29, 1.82) is 0 Å². The first-order valence-corrected chi connectivity index (χ1v) is 7.25. The summed E-state index contributed by atoms with van der Waals surface area (Å²) in [6.07, 6.45) is 1.91. The molecule has 100 valence electrons. The van der Waals surface area contributed by atoms with E-state index in [0.717, 1.165) is 5.69 Å². The van der Waals surface area contributed by atoms with E-state index in [2.05, 4.69) is 26.1 Å². The lowest BCUT2D eigenvalue weighted by Crippen LogP contribution is -2.16. The smallest absolute Gasteiger partial charge is 0.234 e. The van der Waals surface area contributed by atoms with E-state index < -0.39 is 0 Å². The van der Waals surface area contributed by atoms with Gasteiger partial charge >= 0.3 is 0 Å². The Morgan fingerprint density at radius 3 is 2.56 bits per heavy atom. The average molecular weight is 267 g/mol. The number of methoxy groups -OCH3 is 1. The van der Waals surface area contributed by atoms with Crippen LogP contribution in [-0.2, 0) is 10.2 Å². The molecule has 1 N–H and O–H groups in total. The van der Waals surface area contributed by atoms with Gasteiger partial charge in [0.05, 0.1) is 18.6 Å². The third-order valence-electron chi connectivity index (χ3n) is 2.62. The quantitative estimate of drug-likeness (QED) is 0.909. The highest BCUT2D eigenvalue weighted by molar-refractivity contribution is 7.99. The number of carbonyl (C=O) groups excluding carboxylic acids is 1. The second-order valence-corrected chi connectivity index (χ2v) is 6.01. The number of hydrogen-bond acceptors (Lipinski definition) is 3. The van der Waals surface area contributed by atoms with Gasteiger partial charge in [0.25, 0.3) is 0 Å². The normalized spacial score (nSPS) is 11.2. The second kappa shape index (κ2) is 6.14. The van der Waals surface area contributed by atoms with Crippen LogP contribution in [0.5, 0.6) is 5.75 Å². The summed E-state index contributed by atoms with van der Waals surface area (Å²) in [6.45, 7) is 6.42. The zero-order chi connectivity index (χ0) is 13.8. The molecule has 3 nitrogen and oxygen atoms in total. The van der Waals surface area contributed by atoms with Crippen molar-refractivity contribution in [3.8, 4) is 5.75 Å². The number of amides is 1. The molecule has 0 saturated heterocycles. The maximum atomic E-state index is 11.7. The van der Waals surface area contributed by atoms with E-state index in [1.54, 1.807) is 7.11 Å². The predicted molar refractivity (Wildman–Crippen MR) is 78.7 cm³/mol. The molecule has 0 aliphatic rings. The number of benzene rings is 1. The van der Waals surface area contributed by atoms with Gasteiger partial charge in [0, 0.05) is 0 Å². The van der Waals surface area contributed by atoms with E-state index in [1.165, 1.54) is 17.3 Å². The number of thioether (sulfide) groups is 1. The van der Waals surface area contributed by atoms with Crippen LogP contribution in [0.1, 0.15) is 26.3 Å². The molecule has 0 unspecified atom stereocenters. The molecule has 0 fully saturated rings. The monoisotopic (exact) mass is 267 g/mol. The molecule has 0 aliphatic carbocycles. The summed E-state index contributed by atoms with van der Waals surface area (Å²) in [5.41, 5.74) is 1.96. The van der Waals surface area contributed by atoms with Crippen LogP contribution in [0.15, 0.2) is 18.2 Å². The largest absolute Gasteiger partial charge is 0.495 e. The summed E-state index contributed by atoms with van der Waals surface area (Å²) in [5.74, 6) is 1.13. The Kier molecular flexibility index (Phi) is 5.08. The minimum atomic E-state index is -0.00754. The van der Waals surface area contributed by atoms with Crippen molar-refractivity contribution in [2.45, 2.75) is 26.2 Å². The van der Waals surface area contributed by atoms with E-state index in [-0.39, 0.29) is 11.3 Å². The van der Waals surface area contributed by atoms with Crippen LogP contribution >= 0.6 is 11.8 Å². The zero-order valence-electron chi connectivity index (χ0n) is 11.7. The van der Waals surface area contributed by atoms with Crippen molar-refractivity contribution in [2.24, 2.45) is 0 Å². The fourth-order valence-electron chi connectivity index (χ4n) is 1.59. The molecule has 1 amide bonds. The van der Waals surface area contributed by atoms with Crippen molar-refractivity contribution in [2.75, 3.05) is 24.4 Å². The number of rotatable bonds is 4. The zero-order valence-corrected chi connectivity index (χ0v) is 12.5. The number of nitrogens with one attached hydrogen (secondary N) is 1. The molecule has 0 atom stereocenters. The number of hydrogen-bond donors (Lipinski definition) is 1. The molecular weight excluding hydrogens is 246 g/mol. The number of anilines is 1. The standard InChI is InChI=1S/C14H21NO2S/c1-14(2,3)10-6-7-12(17-4)11(8-10)15-13(16)9-18-5/h6-8H,9H2,1-5H3,(H,15,16). The first-order chi connectivity index (χ1) is 8.38. The third kappa shape index (κ3) is 3.95. The van der Waals surface area contributed by atoms with Crippen LogP contribution in [0.25, 0.3) is 0 Å². The SMILES string of the molecule is COc1ccc(C(C)(C)C)cc1NC(=O)CSC. The van der Waals surface area contributed by atoms with Crippen molar-refractivity contribution in [3.63, 3.8) is 0 Å². The van der Waals surface area contributed by atoms with Gasteiger partial charge in [0.1, 0.15) is 5.75 Å². The molecule has 1 aromatic rings. The molecule has 0 heterocycles. The van der Waals surface area contributed by atoms with Crippen LogP contribution in [-0.4, -0.2) is 25.0 Å². The van der Waals surface area contributed by atoms with E-state index >= 15 is 0 Å². The van der Waals surface area contributed by atoms with E-state index in [9.17, 15) is 4.79 Å². The van der Waals surface area contributed by atoms with Crippen LogP contribution in [0.2, 0.25) is 0 Å². The van der Waals surface area contributed by atoms with Crippen LogP contribution in [0.3, 0.4) is 0 Å². The third-order valence-corrected chi connectivity index (χ3v) is 3.17. The molecular formula is C14H21NO2S. The summed E-state index contributed by atoms with van der Waals surface area (Å²) >= 11 is 1.50. The Hall–Kier alpha value is -1.16. The lowest BCUT2D eigenvalue weighted by atomic mass is 9.87. The van der Waals surface area contributed by atoms with Crippen LogP contribution < -0.4 is 10.1 Å². The molecule has 18 heavy (non-hydrogen) atoms. The number of ether oxygens (including phenoxy) is 1. The Bertz CT molecular complexity index is 424. The first-order valence-electron chi connectivity index (χ1n) is 5.86. The molecule has 4 heteroatoms. The first kappa shape index (κ1) is 14.9. The summed E-state index contributed by atoms with van der Waals surface area (Å²) in [7, 11) is 1.61. The fourth-order valence-corrected chi connectivity index (χ4v) is 1.92. The van der Waals surface area contributed by atoms with Gasteiger partial charge in [-0.15, -0.1) is 0 Å². The second-order valence-electron chi connectivity index (χ2n) is 5.15. The van der Waals surface area contributed by atoms with Crippen molar-refractivity contribution >= 4 is 23.4 Å². The van der Waals surface area contributed by atoms with E-state index in [1.807, 2.05) is 24.5 Å². The van der Waals surface area contributed by atoms with Crippen molar-refractivity contribution < 1.29 is 9.53 Å². The highest BCUT2D eigenvalue weighted by Gasteiger charge is 2.16. The van der Waals surface area contributed by atoms with Gasteiger partial charge in [-0.2, -0.15) is 11.8 Å². The molecule has 0 saturated carbocycles. The fraction of sp³-hybridized carbons (Fsp3) is 0.500. The maximum Gasteiger partial charge on any atom is 0.234 e. The molecule has 0 bridgehead atoms. The molecule has 0 aromatic heterocycles. The Morgan fingerprint density at radius 1 is 1.39 bits per heavy atom. The lowest BCUT2D eigenvalue weighted by molar-refractivity contribution is -0.113. The predicted octanol–water partition coefficient (Wildman–Crippen LogP) is 3.29. The summed E-state index contributed by atoms with van der Waals surface area (Å²) in [4.78, 5) is 11.7. The topological polar surface area (TPSA) is 38.3 Å². The van der Waals surface area contributed by atoms with Gasteiger partial charge in [-0.3, -0.25) is 4.79 Å². The van der Waals surface area contributed by atoms with Crippen molar-refractivity contribution in [3.05, 3.63) is 23.8 Å². The maximum absolute atomic E-state index is 11.7. The summed E-state index contributed by atoms with van der Waals surface area (Å²) in [5, 5.41) is 2.89. The molecule has 1 rings (SSSR count). The van der Waals surface area contributed by atoms with E-state index in [0.29, 0.717) is 11.5 Å². The highest BCUT2D eigenvalue weighted by Crippen LogP contribution is 2.31. The van der Waals surface area contributed by atoms with Gasteiger partial charge in [-0.25, -0.2) is 0 Å². The Balaban J connectivity index is 3.03. The molecule has 0 spiro atoms. The Labute approximate surface area is 113 Å². The summed E-state index contributed by atoms with van der Waals surface area (Å²) in [6, 6.07) is 5.91. The van der Waals surface area contributed by atoms with Gasteiger partial charge in [0.15, 0.2) is 0 Å². The minimum Gasteiger partial charge on any atom is -0.495 e. The Morgan fingerprint density at radius 2 is 2.06 bits per heavy atom. The van der Waals surface area contributed by atoms with Gasteiger partial charge in [-0.1, -0.05) is 26.8 Å². The average Bonchev–Trinajstić information content (AvgIpc) is 2.28. The summed E-state index contributed by atoms with van der Waals surface area (Å²) < 4.78 is 5.27. The van der Waals surface area contributed by atoms with Gasteiger partial charge in [-0.05, 0) is 29.4 Å². The highest BCUT2D eigenvalue weighted by atomic mass is 32.2. The molecule has 0 aliphatic heterocycles. The minimum absolute atomic E-state index is 0.00754. The van der Waals surface area contributed by atoms with E-state index in [4.69, 9.17) is 4.74 Å².